The summed E-state index contributed by atoms with van der Waals surface area (Å²) >= 11 is 1.49. The molecule has 0 N–H and O–H groups in total. The van der Waals surface area contributed by atoms with Gasteiger partial charge in [0.1, 0.15) is 10.6 Å². The average Bonchev–Trinajstić information content (AvgIpc) is 3.20. The molecule has 4 rings (SSSR count). The van der Waals surface area contributed by atoms with Crippen LogP contribution in [-0.2, 0) is 12.8 Å². The van der Waals surface area contributed by atoms with Crippen molar-refractivity contribution >= 4 is 27.3 Å². The Morgan fingerprint density at radius 3 is 2.79 bits per heavy atom. The molecule has 0 spiro atoms. The molecule has 124 valence electrons. The third-order valence-corrected chi connectivity index (χ3v) is 5.47. The molecule has 0 radical (unpaired) electrons. The van der Waals surface area contributed by atoms with Gasteiger partial charge in [0.15, 0.2) is 0 Å². The first-order valence-electron chi connectivity index (χ1n) is 7.48. The molecule has 0 unspecified atom stereocenters. The van der Waals surface area contributed by atoms with E-state index in [1.165, 1.54) is 24.5 Å². The SMILES string of the molecule is Cc1nc2sc3c(c2c(-c2ccco2)c1C(=O)C(F)(F)F)CCC3. The molecule has 0 aliphatic heterocycles. The van der Waals surface area contributed by atoms with Gasteiger partial charge in [-0.1, -0.05) is 0 Å². The van der Waals surface area contributed by atoms with E-state index in [4.69, 9.17) is 4.42 Å². The first kappa shape index (κ1) is 15.4. The minimum atomic E-state index is -4.96. The fourth-order valence-electron chi connectivity index (χ4n) is 3.33. The van der Waals surface area contributed by atoms with Crippen molar-refractivity contribution in [2.75, 3.05) is 0 Å². The Kier molecular flexibility index (Phi) is 3.32. The number of furan rings is 1. The molecule has 0 saturated carbocycles. The van der Waals surface area contributed by atoms with E-state index in [0.717, 1.165) is 29.7 Å². The van der Waals surface area contributed by atoms with Crippen LogP contribution in [0.2, 0.25) is 0 Å². The van der Waals surface area contributed by atoms with Crippen LogP contribution >= 0.6 is 11.3 Å². The molecule has 3 aromatic rings. The van der Waals surface area contributed by atoms with E-state index < -0.39 is 17.5 Å². The number of carbonyl (C=O) groups is 1. The van der Waals surface area contributed by atoms with Crippen molar-refractivity contribution in [2.45, 2.75) is 32.4 Å². The second kappa shape index (κ2) is 5.17. The maximum Gasteiger partial charge on any atom is 0.454 e. The van der Waals surface area contributed by atoms with Crippen LogP contribution in [0, 0.1) is 6.92 Å². The maximum atomic E-state index is 13.1. The second-order valence-corrected chi connectivity index (χ2v) is 6.87. The van der Waals surface area contributed by atoms with E-state index in [2.05, 4.69) is 4.98 Å². The monoisotopic (exact) mass is 351 g/mol. The zero-order valence-corrected chi connectivity index (χ0v) is 13.5. The number of alkyl halides is 3. The molecule has 1 aliphatic rings. The highest BCUT2D eigenvalue weighted by Gasteiger charge is 2.43. The van der Waals surface area contributed by atoms with E-state index in [1.807, 2.05) is 0 Å². The van der Waals surface area contributed by atoms with Crippen LogP contribution in [0.3, 0.4) is 0 Å². The standard InChI is InChI=1S/C17H12F3NO2S/c1-8-12(15(22)17(18,19)20)14(10-5-3-7-23-10)13-9-4-2-6-11(9)24-16(13)21-8/h3,5,7H,2,4,6H2,1H3. The van der Waals surface area contributed by atoms with Crippen LogP contribution in [0.5, 0.6) is 0 Å². The molecule has 0 amide bonds. The van der Waals surface area contributed by atoms with Crippen molar-refractivity contribution in [3.63, 3.8) is 0 Å². The maximum absolute atomic E-state index is 13.1. The van der Waals surface area contributed by atoms with Crippen molar-refractivity contribution in [1.29, 1.82) is 0 Å². The van der Waals surface area contributed by atoms with Gasteiger partial charge in [-0.25, -0.2) is 4.98 Å². The number of hydrogen-bond donors (Lipinski definition) is 0. The molecule has 0 fully saturated rings. The van der Waals surface area contributed by atoms with Gasteiger partial charge in [-0.2, -0.15) is 13.2 Å². The number of Topliss-reactive ketones (excluding diaryl/α,β-unsaturated/α-hetero) is 1. The normalized spacial score (nSPS) is 14.3. The summed E-state index contributed by atoms with van der Waals surface area (Å²) in [4.78, 5) is 18.2. The highest BCUT2D eigenvalue weighted by atomic mass is 32.1. The Bertz CT molecular complexity index is 955. The van der Waals surface area contributed by atoms with E-state index >= 15 is 0 Å². The molecule has 24 heavy (non-hydrogen) atoms. The largest absolute Gasteiger partial charge is 0.464 e. The molecule has 7 heteroatoms. The quantitative estimate of drug-likeness (QED) is 0.604. The van der Waals surface area contributed by atoms with Gasteiger partial charge in [0.05, 0.1) is 17.5 Å². The minimum absolute atomic E-state index is 0.0798. The summed E-state index contributed by atoms with van der Waals surface area (Å²) in [6.45, 7) is 1.44. The van der Waals surface area contributed by atoms with E-state index in [0.29, 0.717) is 10.2 Å². The molecule has 0 saturated heterocycles. The van der Waals surface area contributed by atoms with Gasteiger partial charge in [0.2, 0.25) is 0 Å². The summed E-state index contributed by atoms with van der Waals surface area (Å²) in [5, 5.41) is 0.639. The summed E-state index contributed by atoms with van der Waals surface area (Å²) < 4.78 is 44.8. The van der Waals surface area contributed by atoms with Crippen molar-refractivity contribution < 1.29 is 22.4 Å². The molecule has 1 aliphatic carbocycles. The van der Waals surface area contributed by atoms with E-state index in [1.54, 1.807) is 12.1 Å². The molecular formula is C17H12F3NO2S. The number of nitrogens with zero attached hydrogens (tertiary/aromatic N) is 1. The van der Waals surface area contributed by atoms with Gasteiger partial charge in [-0.15, -0.1) is 11.3 Å². The predicted molar refractivity (Wildman–Crippen MR) is 84.5 cm³/mol. The highest BCUT2D eigenvalue weighted by molar-refractivity contribution is 7.19. The highest BCUT2D eigenvalue weighted by Crippen LogP contribution is 2.44. The summed E-state index contributed by atoms with van der Waals surface area (Å²) in [6.07, 6.45) is -0.917. The Labute approximate surface area is 139 Å². The van der Waals surface area contributed by atoms with Gasteiger partial charge in [-0.05, 0) is 43.9 Å². The van der Waals surface area contributed by atoms with E-state index in [9.17, 15) is 18.0 Å². The zero-order chi connectivity index (χ0) is 17.1. The first-order chi connectivity index (χ1) is 11.4. The Hall–Kier alpha value is -2.15. The Morgan fingerprint density at radius 1 is 1.33 bits per heavy atom. The summed E-state index contributed by atoms with van der Waals surface area (Å²) in [7, 11) is 0. The zero-order valence-electron chi connectivity index (χ0n) is 12.7. The van der Waals surface area contributed by atoms with Crippen LogP contribution in [-0.4, -0.2) is 16.9 Å². The number of carbonyl (C=O) groups excluding carboxylic acids is 1. The number of thiophene rings is 1. The van der Waals surface area contributed by atoms with Crippen LogP contribution < -0.4 is 0 Å². The third kappa shape index (κ3) is 2.18. The van der Waals surface area contributed by atoms with Gasteiger partial charge in [0.25, 0.3) is 5.78 Å². The van der Waals surface area contributed by atoms with Crippen LogP contribution in [0.15, 0.2) is 22.8 Å². The lowest BCUT2D eigenvalue weighted by Crippen LogP contribution is -2.25. The number of halogens is 3. The molecule has 3 aromatic heterocycles. The molecular weight excluding hydrogens is 339 g/mol. The van der Waals surface area contributed by atoms with Gasteiger partial charge in [0, 0.05) is 15.8 Å². The topological polar surface area (TPSA) is 43.1 Å². The third-order valence-electron chi connectivity index (χ3n) is 4.29. The van der Waals surface area contributed by atoms with Crippen LogP contribution in [0.4, 0.5) is 13.2 Å². The Balaban J connectivity index is 2.13. The molecule has 0 atom stereocenters. The van der Waals surface area contributed by atoms with Crippen molar-refractivity contribution in [2.24, 2.45) is 0 Å². The van der Waals surface area contributed by atoms with Crippen molar-refractivity contribution in [3.8, 4) is 11.3 Å². The molecule has 0 bridgehead atoms. The fraction of sp³-hybridized carbons (Fsp3) is 0.294. The van der Waals surface area contributed by atoms with Gasteiger partial charge >= 0.3 is 6.18 Å². The van der Waals surface area contributed by atoms with Crippen molar-refractivity contribution in [1.82, 2.24) is 4.98 Å². The lowest BCUT2D eigenvalue weighted by atomic mass is 9.95. The van der Waals surface area contributed by atoms with E-state index in [-0.39, 0.29) is 17.0 Å². The Morgan fingerprint density at radius 2 is 2.12 bits per heavy atom. The number of hydrogen-bond acceptors (Lipinski definition) is 4. The summed E-state index contributed by atoms with van der Waals surface area (Å²) in [6, 6.07) is 3.19. The summed E-state index contributed by atoms with van der Waals surface area (Å²) in [5.74, 6) is -1.61. The molecule has 3 heterocycles. The number of fused-ring (bicyclic) bond motifs is 3. The van der Waals surface area contributed by atoms with Crippen LogP contribution in [0.1, 0.15) is 32.9 Å². The smallest absolute Gasteiger partial charge is 0.454 e. The number of aryl methyl sites for hydroxylation is 3. The predicted octanol–water partition coefficient (Wildman–Crippen LogP) is 5.10. The fourth-order valence-corrected chi connectivity index (χ4v) is 4.64. The average molecular weight is 351 g/mol. The lowest BCUT2D eigenvalue weighted by Gasteiger charge is -2.14. The minimum Gasteiger partial charge on any atom is -0.464 e. The lowest BCUT2D eigenvalue weighted by molar-refractivity contribution is -0.0885. The number of pyridine rings is 1. The summed E-state index contributed by atoms with van der Waals surface area (Å²) in [5.41, 5.74) is 0.906. The molecule has 0 aromatic carbocycles. The van der Waals surface area contributed by atoms with Crippen molar-refractivity contribution in [3.05, 3.63) is 40.1 Å². The number of aromatic nitrogens is 1. The van der Waals surface area contributed by atoms with Gasteiger partial charge < -0.3 is 4.42 Å². The van der Waals surface area contributed by atoms with Crippen LogP contribution in [0.25, 0.3) is 21.5 Å². The van der Waals surface area contributed by atoms with Gasteiger partial charge in [-0.3, -0.25) is 4.79 Å². The number of rotatable bonds is 2. The second-order valence-electron chi connectivity index (χ2n) is 5.79. The molecule has 3 nitrogen and oxygen atoms in total. The first-order valence-corrected chi connectivity index (χ1v) is 8.30. The number of ketones is 1.